The van der Waals surface area contributed by atoms with Crippen LogP contribution in [0.15, 0.2) is 48.5 Å². The van der Waals surface area contributed by atoms with Crippen LogP contribution in [0.1, 0.15) is 5.56 Å². The fourth-order valence-corrected chi connectivity index (χ4v) is 2.27. The van der Waals surface area contributed by atoms with Gasteiger partial charge in [0.25, 0.3) is 0 Å². The topological polar surface area (TPSA) is 59.6 Å². The smallest absolute Gasteiger partial charge is 0.238 e. The van der Waals surface area contributed by atoms with Crippen LogP contribution in [0.25, 0.3) is 0 Å². The number of rotatable bonds is 9. The molecule has 0 radical (unpaired) electrons. The van der Waals surface area contributed by atoms with Gasteiger partial charge in [0.1, 0.15) is 12.4 Å². The first-order valence-corrected chi connectivity index (χ1v) is 8.02. The molecule has 0 bridgehead atoms. The molecular formula is C18H22Cl2N2O3. The molecule has 0 aromatic heterocycles. The highest BCUT2D eigenvalue weighted by atomic mass is 35.5. The van der Waals surface area contributed by atoms with Crippen molar-refractivity contribution in [2.45, 2.75) is 6.61 Å². The SMILES string of the molecule is COCCNCC(=O)Nc1ccccc1OCc1cccc(Cl)c1.Cl. The summed E-state index contributed by atoms with van der Waals surface area (Å²) in [7, 11) is 1.62. The quantitative estimate of drug-likeness (QED) is 0.649. The van der Waals surface area contributed by atoms with Crippen LogP contribution in [-0.4, -0.2) is 32.7 Å². The Bertz CT molecular complexity index is 668. The highest BCUT2D eigenvalue weighted by molar-refractivity contribution is 6.30. The lowest BCUT2D eigenvalue weighted by atomic mass is 10.2. The molecule has 0 saturated carbocycles. The molecule has 25 heavy (non-hydrogen) atoms. The summed E-state index contributed by atoms with van der Waals surface area (Å²) in [5.74, 6) is 0.479. The maximum Gasteiger partial charge on any atom is 0.238 e. The number of amides is 1. The standard InChI is InChI=1S/C18H21ClN2O3.ClH/c1-23-10-9-20-12-18(22)21-16-7-2-3-8-17(16)24-13-14-5-4-6-15(19)11-14;/h2-8,11,20H,9-10,12-13H2,1H3,(H,21,22);1H. The van der Waals surface area contributed by atoms with Crippen LogP contribution >= 0.6 is 24.0 Å². The van der Waals surface area contributed by atoms with Gasteiger partial charge < -0.3 is 20.1 Å². The van der Waals surface area contributed by atoms with Gasteiger partial charge in [0, 0.05) is 18.7 Å². The molecule has 0 fully saturated rings. The molecule has 0 unspecified atom stereocenters. The van der Waals surface area contributed by atoms with Crippen molar-refractivity contribution >= 4 is 35.6 Å². The van der Waals surface area contributed by atoms with Crippen LogP contribution < -0.4 is 15.4 Å². The monoisotopic (exact) mass is 384 g/mol. The fourth-order valence-electron chi connectivity index (χ4n) is 2.05. The van der Waals surface area contributed by atoms with Crippen molar-refractivity contribution in [2.24, 2.45) is 0 Å². The third kappa shape index (κ3) is 7.75. The first-order valence-electron chi connectivity index (χ1n) is 7.65. The van der Waals surface area contributed by atoms with E-state index in [2.05, 4.69) is 10.6 Å². The minimum absolute atomic E-state index is 0. The lowest BCUT2D eigenvalue weighted by Crippen LogP contribution is -2.30. The van der Waals surface area contributed by atoms with E-state index in [9.17, 15) is 4.79 Å². The van der Waals surface area contributed by atoms with Gasteiger partial charge in [0.15, 0.2) is 0 Å². The van der Waals surface area contributed by atoms with Crippen molar-refractivity contribution in [1.29, 1.82) is 0 Å². The van der Waals surface area contributed by atoms with Crippen LogP contribution in [0.4, 0.5) is 5.69 Å². The number of hydrogen-bond acceptors (Lipinski definition) is 4. The zero-order valence-electron chi connectivity index (χ0n) is 14.0. The van der Waals surface area contributed by atoms with Gasteiger partial charge in [-0.05, 0) is 29.8 Å². The van der Waals surface area contributed by atoms with Crippen molar-refractivity contribution in [3.8, 4) is 5.75 Å². The molecular weight excluding hydrogens is 363 g/mol. The van der Waals surface area contributed by atoms with Gasteiger partial charge in [-0.2, -0.15) is 0 Å². The Morgan fingerprint density at radius 3 is 2.72 bits per heavy atom. The van der Waals surface area contributed by atoms with Crippen LogP contribution in [-0.2, 0) is 16.1 Å². The number of methoxy groups -OCH3 is 1. The van der Waals surface area contributed by atoms with Gasteiger partial charge in [-0.3, -0.25) is 4.79 Å². The number of hydrogen-bond donors (Lipinski definition) is 2. The summed E-state index contributed by atoms with van der Waals surface area (Å²) in [6.07, 6.45) is 0. The Morgan fingerprint density at radius 2 is 1.96 bits per heavy atom. The lowest BCUT2D eigenvalue weighted by Gasteiger charge is -2.13. The van der Waals surface area contributed by atoms with E-state index in [1.165, 1.54) is 0 Å². The summed E-state index contributed by atoms with van der Waals surface area (Å²) in [5, 5.41) is 6.51. The number of anilines is 1. The minimum atomic E-state index is -0.134. The number of nitrogens with one attached hydrogen (secondary N) is 2. The molecule has 0 aliphatic heterocycles. The van der Waals surface area contributed by atoms with E-state index < -0.39 is 0 Å². The molecule has 0 aliphatic carbocycles. The Labute approximate surface area is 159 Å². The number of halogens is 2. The second kappa shape index (κ2) is 11.7. The van der Waals surface area contributed by atoms with Gasteiger partial charge in [0.2, 0.25) is 5.91 Å². The van der Waals surface area contributed by atoms with E-state index >= 15 is 0 Å². The highest BCUT2D eigenvalue weighted by Gasteiger charge is 2.07. The highest BCUT2D eigenvalue weighted by Crippen LogP contribution is 2.25. The van der Waals surface area contributed by atoms with Crippen LogP contribution in [0.3, 0.4) is 0 Å². The molecule has 2 N–H and O–H groups in total. The number of para-hydroxylation sites is 2. The van der Waals surface area contributed by atoms with Crippen LogP contribution in [0.5, 0.6) is 5.75 Å². The van der Waals surface area contributed by atoms with Gasteiger partial charge in [-0.25, -0.2) is 0 Å². The largest absolute Gasteiger partial charge is 0.487 e. The predicted octanol–water partition coefficient (Wildman–Crippen LogP) is 3.52. The Hall–Kier alpha value is -1.79. The summed E-state index contributed by atoms with van der Waals surface area (Å²) >= 11 is 5.97. The van der Waals surface area contributed by atoms with Crippen molar-refractivity contribution < 1.29 is 14.3 Å². The molecule has 0 saturated heterocycles. The fraction of sp³-hybridized carbons (Fsp3) is 0.278. The zero-order valence-corrected chi connectivity index (χ0v) is 15.5. The Morgan fingerprint density at radius 1 is 1.16 bits per heavy atom. The van der Waals surface area contributed by atoms with Crippen molar-refractivity contribution in [2.75, 3.05) is 32.1 Å². The molecule has 7 heteroatoms. The first kappa shape index (κ1) is 21.3. The van der Waals surface area contributed by atoms with E-state index in [1.54, 1.807) is 13.2 Å². The molecule has 5 nitrogen and oxygen atoms in total. The Balaban J connectivity index is 0.00000312. The average molecular weight is 385 g/mol. The molecule has 2 aromatic carbocycles. The van der Waals surface area contributed by atoms with Crippen molar-refractivity contribution in [1.82, 2.24) is 5.32 Å². The molecule has 2 rings (SSSR count). The van der Waals surface area contributed by atoms with Gasteiger partial charge in [-0.15, -0.1) is 12.4 Å². The summed E-state index contributed by atoms with van der Waals surface area (Å²) in [5.41, 5.74) is 1.60. The van der Waals surface area contributed by atoms with Crippen LogP contribution in [0.2, 0.25) is 5.02 Å². The molecule has 1 amide bonds. The molecule has 0 aliphatic rings. The normalized spacial score (nSPS) is 10.0. The lowest BCUT2D eigenvalue weighted by molar-refractivity contribution is -0.115. The Kier molecular flexibility index (Phi) is 9.96. The average Bonchev–Trinajstić information content (AvgIpc) is 2.58. The first-order chi connectivity index (χ1) is 11.7. The van der Waals surface area contributed by atoms with Gasteiger partial charge in [-0.1, -0.05) is 35.9 Å². The second-order valence-corrected chi connectivity index (χ2v) is 5.57. The summed E-state index contributed by atoms with van der Waals surface area (Å²) in [4.78, 5) is 12.0. The molecule has 0 heterocycles. The summed E-state index contributed by atoms with van der Waals surface area (Å²) < 4.78 is 10.7. The number of carbonyl (C=O) groups is 1. The summed E-state index contributed by atoms with van der Waals surface area (Å²) in [6, 6.07) is 14.8. The number of carbonyl (C=O) groups excluding carboxylic acids is 1. The van der Waals surface area contributed by atoms with Gasteiger partial charge >= 0.3 is 0 Å². The third-order valence-corrected chi connectivity index (χ3v) is 3.45. The van der Waals surface area contributed by atoms with E-state index in [0.29, 0.717) is 36.2 Å². The number of ether oxygens (including phenoxy) is 2. The molecule has 2 aromatic rings. The molecule has 0 atom stereocenters. The second-order valence-electron chi connectivity index (χ2n) is 5.13. The minimum Gasteiger partial charge on any atom is -0.487 e. The van der Waals surface area contributed by atoms with Crippen LogP contribution in [0, 0.1) is 0 Å². The third-order valence-electron chi connectivity index (χ3n) is 3.21. The number of benzene rings is 2. The maximum absolute atomic E-state index is 12.0. The zero-order chi connectivity index (χ0) is 17.2. The van der Waals surface area contributed by atoms with E-state index in [1.807, 2.05) is 42.5 Å². The van der Waals surface area contributed by atoms with Crippen molar-refractivity contribution in [3.63, 3.8) is 0 Å². The van der Waals surface area contributed by atoms with Gasteiger partial charge in [0.05, 0.1) is 18.8 Å². The summed E-state index contributed by atoms with van der Waals surface area (Å²) in [6.45, 7) is 1.77. The van der Waals surface area contributed by atoms with Crippen molar-refractivity contribution in [3.05, 3.63) is 59.1 Å². The maximum atomic E-state index is 12.0. The predicted molar refractivity (Wildman–Crippen MR) is 103 cm³/mol. The van der Waals surface area contributed by atoms with E-state index in [-0.39, 0.29) is 24.9 Å². The molecule has 136 valence electrons. The molecule has 0 spiro atoms. The van der Waals surface area contributed by atoms with E-state index in [0.717, 1.165) is 5.56 Å². The van der Waals surface area contributed by atoms with E-state index in [4.69, 9.17) is 21.1 Å².